The van der Waals surface area contributed by atoms with Crippen LogP contribution < -0.4 is 0 Å². The summed E-state index contributed by atoms with van der Waals surface area (Å²) in [5.41, 5.74) is 5.84. The molecule has 2 heterocycles. The van der Waals surface area contributed by atoms with E-state index in [0.29, 0.717) is 11.5 Å². The molecule has 0 saturated heterocycles. The van der Waals surface area contributed by atoms with Crippen LogP contribution in [0.5, 0.6) is 11.5 Å². The zero-order valence-electron chi connectivity index (χ0n) is 35.7. The quantitative estimate of drug-likeness (QED) is 0.0926. The van der Waals surface area contributed by atoms with Crippen molar-refractivity contribution >= 4 is 30.3 Å². The summed E-state index contributed by atoms with van der Waals surface area (Å²) in [6.45, 7) is 19.4. The number of carboxylic acids is 2. The first-order valence-electron chi connectivity index (χ1n) is 20.9. The normalized spacial score (nSPS) is 18.6. The molecule has 2 aliphatic heterocycles. The maximum Gasteiger partial charge on any atom is 0.414 e. The fourth-order valence-electron chi connectivity index (χ4n) is 8.15. The van der Waals surface area contributed by atoms with Gasteiger partial charge in [0.2, 0.25) is 0 Å². The van der Waals surface area contributed by atoms with Crippen molar-refractivity contribution < 1.29 is 51.4 Å². The fraction of sp³-hybridized carbons (Fsp3) is 0.511. The van der Waals surface area contributed by atoms with E-state index in [4.69, 9.17) is 29.8 Å². The van der Waals surface area contributed by atoms with Gasteiger partial charge in [-0.1, -0.05) is 103 Å². The van der Waals surface area contributed by atoms with Crippen molar-refractivity contribution in [1.82, 2.24) is 9.80 Å². The minimum atomic E-state index is -1.82. The Kier molecular flexibility index (Phi) is 16.7. The van der Waals surface area contributed by atoms with Crippen LogP contribution in [0.25, 0.3) is 0 Å². The predicted molar refractivity (Wildman–Crippen MR) is 231 cm³/mol. The summed E-state index contributed by atoms with van der Waals surface area (Å²) in [6, 6.07) is 21.2. The van der Waals surface area contributed by atoms with E-state index in [0.717, 1.165) is 100 Å². The molecule has 321 valence electrons. The Balaban J connectivity index is 0.00000102. The number of carbonyl (C=O) groups is 2. The molecule has 1 radical (unpaired) electrons. The van der Waals surface area contributed by atoms with Gasteiger partial charge in [-0.3, -0.25) is 24.4 Å². The van der Waals surface area contributed by atoms with Crippen LogP contribution in [0.2, 0.25) is 0 Å². The third-order valence-corrected chi connectivity index (χ3v) is 11.3. The Morgan fingerprint density at radius 1 is 0.746 bits per heavy atom. The van der Waals surface area contributed by atoms with Crippen molar-refractivity contribution in [2.24, 2.45) is 9.98 Å². The Morgan fingerprint density at radius 3 is 1.92 bits per heavy atom. The molecule has 4 N–H and O–H groups in total. The zero-order chi connectivity index (χ0) is 42.0. The Hall–Kier alpha value is -4.68. The summed E-state index contributed by atoms with van der Waals surface area (Å²) < 4.78 is 2.59. The van der Waals surface area contributed by atoms with Crippen molar-refractivity contribution in [3.05, 3.63) is 94.0 Å². The van der Waals surface area contributed by atoms with E-state index in [1.54, 1.807) is 0 Å². The van der Waals surface area contributed by atoms with E-state index < -0.39 is 11.9 Å². The summed E-state index contributed by atoms with van der Waals surface area (Å²) in [5, 5.41) is 37.5. The number of phenols is 2. The van der Waals surface area contributed by atoms with Crippen LogP contribution in [-0.4, -0.2) is 110 Å². The van der Waals surface area contributed by atoms with Gasteiger partial charge in [-0.2, -0.15) is 0 Å². The van der Waals surface area contributed by atoms with Crippen molar-refractivity contribution in [3.8, 4) is 11.5 Å². The number of rotatable bonds is 10. The van der Waals surface area contributed by atoms with Gasteiger partial charge in [-0.25, -0.2) is 9.59 Å². The number of carboxylic acid groups (broad SMARTS) is 2. The summed E-state index contributed by atoms with van der Waals surface area (Å²) in [5.74, 6) is -1.59. The topological polar surface area (TPSA) is 149 Å². The largest absolute Gasteiger partial charge is 0.507 e. The van der Waals surface area contributed by atoms with Crippen molar-refractivity contribution in [1.29, 1.82) is 0 Å². The molecule has 3 aromatic rings. The average molecular weight is 854 g/mol. The minimum Gasteiger partial charge on any atom is -0.507 e. The molecule has 0 amide bonds. The molecule has 1 aliphatic carbocycles. The fourth-order valence-corrected chi connectivity index (χ4v) is 8.15. The van der Waals surface area contributed by atoms with E-state index in [2.05, 4.69) is 98.4 Å². The number of aromatic hydroxyl groups is 2. The third kappa shape index (κ3) is 12.9. The second-order valence-electron chi connectivity index (χ2n) is 17.9. The maximum absolute atomic E-state index is 11.7. The molecule has 0 bridgehead atoms. The van der Waals surface area contributed by atoms with Gasteiger partial charge in [0, 0.05) is 53.2 Å². The molecule has 2 unspecified atom stereocenters. The first-order chi connectivity index (χ1) is 27.5. The summed E-state index contributed by atoms with van der Waals surface area (Å²) in [4.78, 5) is 33.5. The first kappa shape index (κ1) is 47.0. The first-order valence-corrected chi connectivity index (χ1v) is 20.9. The number of hydrogen-bond acceptors (Lipinski definition) is 8. The zero-order valence-corrected chi connectivity index (χ0v) is 36.7. The van der Waals surface area contributed by atoms with E-state index in [9.17, 15) is 10.2 Å². The van der Waals surface area contributed by atoms with Crippen LogP contribution in [0.3, 0.4) is 0 Å². The second kappa shape index (κ2) is 21.0. The van der Waals surface area contributed by atoms with Gasteiger partial charge >= 0.3 is 17.9 Å². The van der Waals surface area contributed by atoms with Crippen LogP contribution in [0.1, 0.15) is 120 Å². The van der Waals surface area contributed by atoms with Gasteiger partial charge in [0.25, 0.3) is 0 Å². The molecule has 1 saturated carbocycles. The molecule has 12 heteroatoms. The van der Waals surface area contributed by atoms with Crippen molar-refractivity contribution in [2.45, 2.75) is 122 Å². The number of para-hydroxylation sites is 1. The average Bonchev–Trinajstić information content (AvgIpc) is 3.18. The van der Waals surface area contributed by atoms with Crippen LogP contribution >= 0.6 is 0 Å². The van der Waals surface area contributed by atoms with Gasteiger partial charge in [0.1, 0.15) is 11.5 Å². The molecular weight excluding hydrogens is 789 g/mol. The molecule has 59 heavy (non-hydrogen) atoms. The maximum atomic E-state index is 11.7. The number of aryl methyl sites for hydroxylation is 1. The van der Waals surface area contributed by atoms with Crippen molar-refractivity contribution in [2.75, 3.05) is 32.7 Å². The van der Waals surface area contributed by atoms with Gasteiger partial charge in [0.15, 0.2) is 0 Å². The molecule has 0 spiro atoms. The van der Waals surface area contributed by atoms with Gasteiger partial charge in [-0.05, 0) is 70.9 Å². The van der Waals surface area contributed by atoms with Crippen LogP contribution in [0, 0.1) is 0 Å². The van der Waals surface area contributed by atoms with Crippen LogP contribution in [-0.2, 0) is 50.2 Å². The van der Waals surface area contributed by atoms with Gasteiger partial charge in [-0.15, -0.1) is 0 Å². The summed E-state index contributed by atoms with van der Waals surface area (Å²) >= 11 is 0. The van der Waals surface area contributed by atoms with Crippen molar-refractivity contribution in [3.63, 3.8) is 0 Å². The molecule has 2 atom stereocenters. The SMILES string of the molecule is CC(C)(C)c1cc(C=NC2CCCCC2N=Cc2cccc(C(C)(C)C)c2O)c(O)c(CCCN2CCC[N+]3=C2N(Cc2ccccc2)CCC3)c1.O=C(O)C(=O)O.[Co]. The summed E-state index contributed by atoms with van der Waals surface area (Å²) in [6.07, 6.45) is 12.1. The monoisotopic (exact) mass is 853 g/mol. The Bertz CT molecular complexity index is 1970. The van der Waals surface area contributed by atoms with E-state index >= 15 is 0 Å². The molecule has 3 aromatic carbocycles. The van der Waals surface area contributed by atoms with E-state index in [1.807, 2.05) is 30.6 Å². The summed E-state index contributed by atoms with van der Waals surface area (Å²) in [7, 11) is 0. The number of nitrogens with zero attached hydrogens (tertiary/aromatic N) is 5. The van der Waals surface area contributed by atoms with Crippen LogP contribution in [0.15, 0.2) is 70.6 Å². The second-order valence-corrected chi connectivity index (χ2v) is 17.9. The number of guanidine groups is 1. The number of benzene rings is 3. The molecule has 3 aliphatic rings. The number of hydrogen-bond donors (Lipinski definition) is 4. The van der Waals surface area contributed by atoms with Gasteiger partial charge in [0.05, 0.1) is 51.4 Å². The van der Waals surface area contributed by atoms with Crippen LogP contribution in [0.4, 0.5) is 0 Å². The van der Waals surface area contributed by atoms with E-state index in [-0.39, 0.29) is 39.7 Å². The number of aliphatic carboxylic acids is 2. The standard InChI is InChI=1S/C45H61N5O2.C2H2O4.Co/c1-44(2,3)37-28-34(19-13-23-48-24-14-25-49-26-15-27-50(43(48)49)32-33-16-8-7-9-17-33)41(51)36(29-37)31-47-40-22-11-10-21-39(40)46-30-35-18-12-20-38(42(35)52)45(4,5)6;3-1(4)2(5)6;/h7-9,12,16-18,20,28-31,39-40H,10-11,13-15,19,21-27,32H2,1-6H3,(H-,46,47,51,52);(H,3,4)(H,5,6);/p+1. The molecule has 1 fully saturated rings. The molecular formula is C47H64CoN5O6+. The smallest absolute Gasteiger partial charge is 0.414 e. The number of phenolic OH excluding ortho intramolecular Hbond substituents is 2. The predicted octanol–water partition coefficient (Wildman–Crippen LogP) is 7.61. The Morgan fingerprint density at radius 2 is 1.34 bits per heavy atom. The molecule has 0 aromatic heterocycles. The van der Waals surface area contributed by atoms with E-state index in [1.165, 1.54) is 29.9 Å². The third-order valence-electron chi connectivity index (χ3n) is 11.3. The molecule has 11 nitrogen and oxygen atoms in total. The number of aliphatic imine (C=N–C) groups is 2. The molecule has 6 rings (SSSR count). The minimum absolute atomic E-state index is 0. The Labute approximate surface area is 360 Å². The van der Waals surface area contributed by atoms with Gasteiger partial charge < -0.3 is 20.4 Å².